The Labute approximate surface area is 134 Å². The fourth-order valence-electron chi connectivity index (χ4n) is 1.93. The van der Waals surface area contributed by atoms with E-state index in [1.165, 1.54) is 18.3 Å². The van der Waals surface area contributed by atoms with Gasteiger partial charge < -0.3 is 4.74 Å². The molecule has 0 fully saturated rings. The monoisotopic (exact) mass is 312 g/mol. The molecule has 0 saturated carbocycles. The summed E-state index contributed by atoms with van der Waals surface area (Å²) in [4.78, 5) is 11.7. The molecule has 0 saturated heterocycles. The van der Waals surface area contributed by atoms with Crippen LogP contribution in [0.25, 0.3) is 6.08 Å². The number of nitrogens with zero attached hydrogens (tertiary/aromatic N) is 1. The van der Waals surface area contributed by atoms with Crippen molar-refractivity contribution in [3.63, 3.8) is 0 Å². The van der Waals surface area contributed by atoms with Gasteiger partial charge in [-0.25, -0.2) is 9.82 Å². The van der Waals surface area contributed by atoms with Crippen LogP contribution in [0, 0.1) is 5.82 Å². The smallest absolute Gasteiger partial charge is 0.244 e. The summed E-state index contributed by atoms with van der Waals surface area (Å²) in [7, 11) is 1.61. The van der Waals surface area contributed by atoms with E-state index in [1.807, 2.05) is 30.3 Å². The van der Waals surface area contributed by atoms with Crippen molar-refractivity contribution in [1.29, 1.82) is 0 Å². The van der Waals surface area contributed by atoms with E-state index in [0.717, 1.165) is 16.9 Å². The summed E-state index contributed by atoms with van der Waals surface area (Å²) in [6, 6.07) is 13.4. The van der Waals surface area contributed by atoms with Crippen LogP contribution in [0.3, 0.4) is 0 Å². The lowest BCUT2D eigenvalue weighted by molar-refractivity contribution is -0.120. The molecule has 23 heavy (non-hydrogen) atoms. The van der Waals surface area contributed by atoms with Crippen molar-refractivity contribution < 1.29 is 13.9 Å². The number of methoxy groups -OCH3 is 1. The number of amides is 1. The molecule has 1 N–H and O–H groups in total. The Morgan fingerprint density at radius 1 is 1.22 bits per heavy atom. The molecule has 0 unspecified atom stereocenters. The van der Waals surface area contributed by atoms with Crippen LogP contribution >= 0.6 is 0 Å². The van der Waals surface area contributed by atoms with Crippen molar-refractivity contribution in [2.45, 2.75) is 6.42 Å². The van der Waals surface area contributed by atoms with E-state index in [9.17, 15) is 9.18 Å². The summed E-state index contributed by atoms with van der Waals surface area (Å²) in [5.41, 5.74) is 4.06. The predicted molar refractivity (Wildman–Crippen MR) is 88.8 cm³/mol. The van der Waals surface area contributed by atoms with Gasteiger partial charge in [0.25, 0.3) is 0 Å². The lowest BCUT2D eigenvalue weighted by Gasteiger charge is -2.02. The summed E-state index contributed by atoms with van der Waals surface area (Å²) in [6.45, 7) is 0. The highest BCUT2D eigenvalue weighted by Gasteiger charge is 2.01. The first-order chi connectivity index (χ1) is 11.2. The van der Waals surface area contributed by atoms with Gasteiger partial charge in [-0.1, -0.05) is 30.3 Å². The van der Waals surface area contributed by atoms with Gasteiger partial charge in [0.15, 0.2) is 0 Å². The van der Waals surface area contributed by atoms with Crippen LogP contribution in [0.5, 0.6) is 5.75 Å². The van der Waals surface area contributed by atoms with Gasteiger partial charge in [-0.05, 0) is 35.9 Å². The largest absolute Gasteiger partial charge is 0.496 e. The zero-order valence-corrected chi connectivity index (χ0v) is 12.7. The molecule has 0 spiro atoms. The van der Waals surface area contributed by atoms with E-state index in [4.69, 9.17) is 4.74 Å². The average molecular weight is 312 g/mol. The molecule has 0 atom stereocenters. The molecule has 0 aliphatic carbocycles. The average Bonchev–Trinajstić information content (AvgIpc) is 2.57. The van der Waals surface area contributed by atoms with Crippen molar-refractivity contribution in [2.75, 3.05) is 7.11 Å². The zero-order valence-electron chi connectivity index (χ0n) is 12.7. The summed E-state index contributed by atoms with van der Waals surface area (Å²) >= 11 is 0. The third kappa shape index (κ3) is 5.39. The minimum atomic E-state index is -0.325. The molecule has 4 nitrogen and oxygen atoms in total. The van der Waals surface area contributed by atoms with E-state index in [1.54, 1.807) is 25.3 Å². The lowest BCUT2D eigenvalue weighted by atomic mass is 10.1. The van der Waals surface area contributed by atoms with Gasteiger partial charge in [0.2, 0.25) is 5.91 Å². The van der Waals surface area contributed by atoms with Gasteiger partial charge in [0.1, 0.15) is 11.6 Å². The fourth-order valence-corrected chi connectivity index (χ4v) is 1.93. The van der Waals surface area contributed by atoms with Gasteiger partial charge in [0.05, 0.1) is 13.5 Å². The number of carbonyl (C=O) groups excluding carboxylic acids is 1. The Hall–Kier alpha value is -2.95. The summed E-state index contributed by atoms with van der Waals surface area (Å²) in [5, 5.41) is 3.83. The van der Waals surface area contributed by atoms with Crippen molar-refractivity contribution in [3.05, 3.63) is 71.6 Å². The Kier molecular flexibility index (Phi) is 6.06. The molecular formula is C18H17FN2O2. The maximum atomic E-state index is 12.8. The molecule has 5 heteroatoms. The van der Waals surface area contributed by atoms with Crippen LogP contribution in [0.4, 0.5) is 4.39 Å². The van der Waals surface area contributed by atoms with Crippen LogP contribution in [0.15, 0.2) is 59.7 Å². The van der Waals surface area contributed by atoms with Gasteiger partial charge in [0, 0.05) is 11.8 Å². The van der Waals surface area contributed by atoms with E-state index < -0.39 is 0 Å². The number of rotatable bonds is 6. The Balaban J connectivity index is 1.83. The molecular weight excluding hydrogens is 295 g/mol. The molecule has 0 aliphatic heterocycles. The SMILES string of the molecule is COc1ccccc1/C=C/C=N\NC(=O)Cc1ccc(F)cc1. The van der Waals surface area contributed by atoms with E-state index >= 15 is 0 Å². The molecule has 0 bridgehead atoms. The molecule has 0 radical (unpaired) electrons. The predicted octanol–water partition coefficient (Wildman–Crippen LogP) is 3.19. The summed E-state index contributed by atoms with van der Waals surface area (Å²) < 4.78 is 18.0. The van der Waals surface area contributed by atoms with Crippen molar-refractivity contribution >= 4 is 18.2 Å². The molecule has 2 aromatic carbocycles. The Morgan fingerprint density at radius 3 is 2.70 bits per heavy atom. The number of ether oxygens (including phenoxy) is 1. The first-order valence-corrected chi connectivity index (χ1v) is 7.05. The highest BCUT2D eigenvalue weighted by molar-refractivity contribution is 5.82. The Bertz CT molecular complexity index is 709. The fraction of sp³-hybridized carbons (Fsp3) is 0.111. The standard InChI is InChI=1S/C18H17FN2O2/c1-23-17-7-3-2-5-15(17)6-4-12-20-21-18(22)13-14-8-10-16(19)11-9-14/h2-12H,13H2,1H3,(H,21,22)/b6-4+,20-12-. The van der Waals surface area contributed by atoms with Crippen LogP contribution in [0.1, 0.15) is 11.1 Å². The number of allylic oxidation sites excluding steroid dienone is 1. The second kappa shape index (κ2) is 8.48. The number of para-hydroxylation sites is 1. The van der Waals surface area contributed by atoms with Crippen molar-refractivity contribution in [2.24, 2.45) is 5.10 Å². The van der Waals surface area contributed by atoms with E-state index in [2.05, 4.69) is 10.5 Å². The maximum absolute atomic E-state index is 12.8. The third-order valence-corrected chi connectivity index (χ3v) is 3.04. The topological polar surface area (TPSA) is 50.7 Å². The normalized spacial score (nSPS) is 11.0. The quantitative estimate of drug-likeness (QED) is 0.658. The maximum Gasteiger partial charge on any atom is 0.244 e. The molecule has 2 aromatic rings. The Morgan fingerprint density at radius 2 is 1.96 bits per heavy atom. The third-order valence-electron chi connectivity index (χ3n) is 3.04. The first kappa shape index (κ1) is 16.4. The number of carbonyl (C=O) groups is 1. The number of hydrogen-bond acceptors (Lipinski definition) is 3. The summed E-state index contributed by atoms with van der Waals surface area (Å²) in [6.07, 6.45) is 5.16. The first-order valence-electron chi connectivity index (χ1n) is 7.05. The van der Waals surface area contributed by atoms with Crippen molar-refractivity contribution in [3.8, 4) is 5.75 Å². The van der Waals surface area contributed by atoms with Gasteiger partial charge in [-0.15, -0.1) is 0 Å². The van der Waals surface area contributed by atoms with Gasteiger partial charge in [-0.2, -0.15) is 5.10 Å². The molecule has 0 aromatic heterocycles. The van der Waals surface area contributed by atoms with Crippen LogP contribution in [-0.4, -0.2) is 19.2 Å². The number of nitrogens with one attached hydrogen (secondary N) is 1. The van der Waals surface area contributed by atoms with Gasteiger partial charge in [-0.3, -0.25) is 4.79 Å². The summed E-state index contributed by atoms with van der Waals surface area (Å²) in [5.74, 6) is 0.171. The van der Waals surface area contributed by atoms with Crippen LogP contribution in [0.2, 0.25) is 0 Å². The highest BCUT2D eigenvalue weighted by atomic mass is 19.1. The van der Waals surface area contributed by atoms with Crippen LogP contribution in [-0.2, 0) is 11.2 Å². The number of hydrazone groups is 1. The molecule has 2 rings (SSSR count). The molecule has 118 valence electrons. The van der Waals surface area contributed by atoms with E-state index in [0.29, 0.717) is 0 Å². The van der Waals surface area contributed by atoms with Crippen LogP contribution < -0.4 is 10.2 Å². The molecule has 0 aliphatic rings. The lowest BCUT2D eigenvalue weighted by Crippen LogP contribution is -2.19. The van der Waals surface area contributed by atoms with E-state index in [-0.39, 0.29) is 18.1 Å². The highest BCUT2D eigenvalue weighted by Crippen LogP contribution is 2.18. The van der Waals surface area contributed by atoms with Gasteiger partial charge >= 0.3 is 0 Å². The second-order valence-corrected chi connectivity index (χ2v) is 4.72. The zero-order chi connectivity index (χ0) is 16.5. The minimum absolute atomic E-state index is 0.147. The molecule has 0 heterocycles. The number of halogens is 1. The van der Waals surface area contributed by atoms with Crippen molar-refractivity contribution in [1.82, 2.24) is 5.43 Å². The molecule has 1 amide bonds. The second-order valence-electron chi connectivity index (χ2n) is 4.72. The minimum Gasteiger partial charge on any atom is -0.496 e. The number of benzene rings is 2. The number of hydrogen-bond donors (Lipinski definition) is 1.